The van der Waals surface area contributed by atoms with Crippen LogP contribution in [-0.2, 0) is 6.42 Å². The van der Waals surface area contributed by atoms with Gasteiger partial charge in [-0.15, -0.1) is 11.3 Å². The van der Waals surface area contributed by atoms with Gasteiger partial charge in [-0.05, 0) is 46.7 Å². The molecule has 64 valence electrons. The molecule has 0 N–H and O–H groups in total. The van der Waals surface area contributed by atoms with Crippen molar-refractivity contribution in [3.05, 3.63) is 45.8 Å². The van der Waals surface area contributed by atoms with E-state index in [9.17, 15) is 0 Å². The van der Waals surface area contributed by atoms with Crippen molar-refractivity contribution in [2.75, 3.05) is 0 Å². The van der Waals surface area contributed by atoms with Crippen molar-refractivity contribution >= 4 is 22.9 Å². The molecule has 1 aromatic carbocycles. The maximum absolute atomic E-state index is 5.94. The molecule has 1 aromatic heterocycles. The summed E-state index contributed by atoms with van der Waals surface area (Å²) in [6.07, 6.45) is 1.05. The summed E-state index contributed by atoms with van der Waals surface area (Å²) in [6, 6.07) is 8.37. The molecule has 1 aliphatic rings. The van der Waals surface area contributed by atoms with E-state index < -0.39 is 0 Å². The van der Waals surface area contributed by atoms with Crippen LogP contribution >= 0.6 is 22.9 Å². The van der Waals surface area contributed by atoms with Crippen LogP contribution in [-0.4, -0.2) is 0 Å². The van der Waals surface area contributed by atoms with Gasteiger partial charge in [-0.2, -0.15) is 0 Å². The van der Waals surface area contributed by atoms with E-state index in [4.69, 9.17) is 11.6 Å². The van der Waals surface area contributed by atoms with Crippen LogP contribution in [0.15, 0.2) is 29.6 Å². The Hall–Kier alpha value is -0.790. The lowest BCUT2D eigenvalue weighted by atomic mass is 10.1. The maximum atomic E-state index is 5.94. The van der Waals surface area contributed by atoms with E-state index in [-0.39, 0.29) is 0 Å². The molecule has 0 aliphatic heterocycles. The standard InChI is InChI=1S/C11H7ClS/c12-9-1-2-10-8(6-9)5-7-3-4-13-11(7)10/h1-4,6H,5H2. The van der Waals surface area contributed by atoms with Crippen LogP contribution in [0.1, 0.15) is 11.1 Å². The van der Waals surface area contributed by atoms with E-state index in [0.717, 1.165) is 11.4 Å². The van der Waals surface area contributed by atoms with Crippen LogP contribution in [0.2, 0.25) is 5.02 Å². The highest BCUT2D eigenvalue weighted by atomic mass is 35.5. The fourth-order valence-electron chi connectivity index (χ4n) is 1.85. The van der Waals surface area contributed by atoms with E-state index in [2.05, 4.69) is 23.6 Å². The van der Waals surface area contributed by atoms with Gasteiger partial charge < -0.3 is 0 Å². The molecule has 1 aliphatic carbocycles. The van der Waals surface area contributed by atoms with Crippen LogP contribution in [0.3, 0.4) is 0 Å². The molecule has 0 fully saturated rings. The molecule has 1 heterocycles. The van der Waals surface area contributed by atoms with E-state index in [1.807, 2.05) is 17.4 Å². The summed E-state index contributed by atoms with van der Waals surface area (Å²) in [4.78, 5) is 1.42. The zero-order valence-corrected chi connectivity index (χ0v) is 8.45. The molecule has 2 aromatic rings. The molecule has 2 heteroatoms. The Labute approximate surface area is 85.8 Å². The fourth-order valence-corrected chi connectivity index (χ4v) is 3.03. The van der Waals surface area contributed by atoms with Crippen molar-refractivity contribution in [3.63, 3.8) is 0 Å². The quantitative estimate of drug-likeness (QED) is 0.522. The van der Waals surface area contributed by atoms with E-state index in [1.165, 1.54) is 21.6 Å². The van der Waals surface area contributed by atoms with Gasteiger partial charge in [-0.1, -0.05) is 17.7 Å². The maximum Gasteiger partial charge on any atom is 0.0409 e. The molecule has 0 saturated carbocycles. The Morgan fingerprint density at radius 3 is 3.00 bits per heavy atom. The van der Waals surface area contributed by atoms with Crippen molar-refractivity contribution in [1.82, 2.24) is 0 Å². The van der Waals surface area contributed by atoms with E-state index in [0.29, 0.717) is 0 Å². The summed E-state index contributed by atoms with van der Waals surface area (Å²) < 4.78 is 0. The summed E-state index contributed by atoms with van der Waals surface area (Å²) in [5.41, 5.74) is 4.19. The summed E-state index contributed by atoms with van der Waals surface area (Å²) in [7, 11) is 0. The fraction of sp³-hybridized carbons (Fsp3) is 0.0909. The SMILES string of the molecule is Clc1ccc2c(c1)Cc1ccsc1-2. The predicted octanol–water partition coefficient (Wildman–Crippen LogP) is 3.97. The van der Waals surface area contributed by atoms with Gasteiger partial charge >= 0.3 is 0 Å². The van der Waals surface area contributed by atoms with E-state index >= 15 is 0 Å². The number of halogens is 1. The number of thiophene rings is 1. The lowest BCUT2D eigenvalue weighted by molar-refractivity contribution is 1.27. The second-order valence-corrected chi connectivity index (χ2v) is 4.61. The molecule has 0 spiro atoms. The van der Waals surface area contributed by atoms with Gasteiger partial charge in [-0.3, -0.25) is 0 Å². The Morgan fingerprint density at radius 2 is 2.08 bits per heavy atom. The van der Waals surface area contributed by atoms with Crippen molar-refractivity contribution in [3.8, 4) is 10.4 Å². The number of fused-ring (bicyclic) bond motifs is 3. The monoisotopic (exact) mass is 206 g/mol. The molecule has 0 atom stereocenters. The highest BCUT2D eigenvalue weighted by molar-refractivity contribution is 7.13. The number of benzene rings is 1. The highest BCUT2D eigenvalue weighted by Gasteiger charge is 2.18. The number of rotatable bonds is 0. The minimum atomic E-state index is 0.842. The first-order valence-corrected chi connectivity index (χ1v) is 5.45. The van der Waals surface area contributed by atoms with Crippen LogP contribution in [0.25, 0.3) is 10.4 Å². The van der Waals surface area contributed by atoms with Gasteiger partial charge in [0.25, 0.3) is 0 Å². The van der Waals surface area contributed by atoms with Gasteiger partial charge in [0.05, 0.1) is 0 Å². The second kappa shape index (κ2) is 2.60. The smallest absolute Gasteiger partial charge is 0.0409 e. The largest absolute Gasteiger partial charge is 0.144 e. The molecule has 0 amide bonds. The molecular weight excluding hydrogens is 200 g/mol. The third kappa shape index (κ3) is 1.04. The van der Waals surface area contributed by atoms with Crippen molar-refractivity contribution in [2.45, 2.75) is 6.42 Å². The molecule has 0 saturated heterocycles. The number of hydrogen-bond donors (Lipinski definition) is 0. The summed E-state index contributed by atoms with van der Waals surface area (Å²) in [5.74, 6) is 0. The zero-order valence-electron chi connectivity index (χ0n) is 6.88. The van der Waals surface area contributed by atoms with Crippen LogP contribution in [0, 0.1) is 0 Å². The van der Waals surface area contributed by atoms with Crippen molar-refractivity contribution in [2.24, 2.45) is 0 Å². The Morgan fingerprint density at radius 1 is 1.15 bits per heavy atom. The van der Waals surface area contributed by atoms with Gasteiger partial charge in [-0.25, -0.2) is 0 Å². The molecule has 0 nitrogen and oxygen atoms in total. The number of hydrogen-bond acceptors (Lipinski definition) is 1. The first-order chi connectivity index (χ1) is 6.34. The zero-order chi connectivity index (χ0) is 8.84. The average molecular weight is 207 g/mol. The van der Waals surface area contributed by atoms with Crippen LogP contribution < -0.4 is 0 Å². The van der Waals surface area contributed by atoms with Crippen molar-refractivity contribution < 1.29 is 0 Å². The molecule has 0 unspecified atom stereocenters. The lowest BCUT2D eigenvalue weighted by Gasteiger charge is -1.98. The minimum Gasteiger partial charge on any atom is -0.144 e. The van der Waals surface area contributed by atoms with E-state index in [1.54, 1.807) is 0 Å². The van der Waals surface area contributed by atoms with Gasteiger partial charge in [0.2, 0.25) is 0 Å². The first-order valence-electron chi connectivity index (χ1n) is 4.20. The minimum absolute atomic E-state index is 0.842. The first kappa shape index (κ1) is 7.60. The second-order valence-electron chi connectivity index (χ2n) is 3.25. The summed E-state index contributed by atoms with van der Waals surface area (Å²) in [5, 5.41) is 3.00. The van der Waals surface area contributed by atoms with Crippen LogP contribution in [0.5, 0.6) is 0 Å². The molecule has 3 rings (SSSR count). The Kier molecular flexibility index (Phi) is 1.52. The van der Waals surface area contributed by atoms with Gasteiger partial charge in [0.1, 0.15) is 0 Å². The topological polar surface area (TPSA) is 0 Å². The third-order valence-electron chi connectivity index (χ3n) is 2.44. The Bertz CT molecular complexity index is 471. The molecule has 0 bridgehead atoms. The highest BCUT2D eigenvalue weighted by Crippen LogP contribution is 2.40. The summed E-state index contributed by atoms with van der Waals surface area (Å²) >= 11 is 7.75. The molecule has 13 heavy (non-hydrogen) atoms. The van der Waals surface area contributed by atoms with Crippen LogP contribution in [0.4, 0.5) is 0 Å². The van der Waals surface area contributed by atoms with Gasteiger partial charge in [0.15, 0.2) is 0 Å². The van der Waals surface area contributed by atoms with Crippen molar-refractivity contribution in [1.29, 1.82) is 0 Å². The summed E-state index contributed by atoms with van der Waals surface area (Å²) in [6.45, 7) is 0. The normalized spacial score (nSPS) is 12.7. The lowest BCUT2D eigenvalue weighted by Crippen LogP contribution is -1.78. The molecular formula is C11H7ClS. The predicted molar refractivity (Wildman–Crippen MR) is 57.6 cm³/mol. The third-order valence-corrected chi connectivity index (χ3v) is 3.66. The Balaban J connectivity index is 2.29. The van der Waals surface area contributed by atoms with Gasteiger partial charge in [0, 0.05) is 9.90 Å². The average Bonchev–Trinajstić information content (AvgIpc) is 2.62. The molecule has 0 radical (unpaired) electrons.